The zero-order valence-corrected chi connectivity index (χ0v) is 11.2. The fourth-order valence-electron chi connectivity index (χ4n) is 1.57. The van der Waals surface area contributed by atoms with E-state index in [9.17, 15) is 17.2 Å². The quantitative estimate of drug-likeness (QED) is 0.812. The molecule has 0 aliphatic carbocycles. The maximum atomic E-state index is 13.0. The Labute approximate surface area is 114 Å². The monoisotopic (exact) mass is 302 g/mol. The van der Waals surface area contributed by atoms with Gasteiger partial charge in [0.15, 0.2) is 9.84 Å². The maximum Gasteiger partial charge on any atom is 0.182 e. The molecular formula is C13H9ClF2O2S. The van der Waals surface area contributed by atoms with Crippen molar-refractivity contribution in [1.82, 2.24) is 0 Å². The van der Waals surface area contributed by atoms with Crippen LogP contribution in [-0.4, -0.2) is 8.42 Å². The Hall–Kier alpha value is -1.46. The summed E-state index contributed by atoms with van der Waals surface area (Å²) >= 11 is 5.59. The number of sulfone groups is 1. The van der Waals surface area contributed by atoms with Crippen molar-refractivity contribution in [3.8, 4) is 0 Å². The third kappa shape index (κ3) is 3.30. The minimum absolute atomic E-state index is 0.00866. The van der Waals surface area contributed by atoms with Crippen LogP contribution in [0.5, 0.6) is 0 Å². The summed E-state index contributed by atoms with van der Waals surface area (Å²) in [6.45, 7) is 0. The van der Waals surface area contributed by atoms with E-state index >= 15 is 0 Å². The molecular weight excluding hydrogens is 294 g/mol. The normalized spacial score (nSPS) is 11.5. The lowest BCUT2D eigenvalue weighted by atomic mass is 10.2. The van der Waals surface area contributed by atoms with E-state index in [-0.39, 0.29) is 15.7 Å². The molecule has 0 aromatic heterocycles. The van der Waals surface area contributed by atoms with Gasteiger partial charge in [-0.15, -0.1) is 0 Å². The largest absolute Gasteiger partial charge is 0.223 e. The summed E-state index contributed by atoms with van der Waals surface area (Å²) in [5, 5.41) is -0.133. The molecule has 0 saturated carbocycles. The number of halogens is 3. The first kappa shape index (κ1) is 14.0. The molecule has 0 heterocycles. The van der Waals surface area contributed by atoms with E-state index in [1.807, 2.05) is 0 Å². The summed E-state index contributed by atoms with van der Waals surface area (Å²) in [4.78, 5) is 0.00866. The molecule has 0 aliphatic rings. The highest BCUT2D eigenvalue weighted by molar-refractivity contribution is 7.90. The Morgan fingerprint density at radius 3 is 2.21 bits per heavy atom. The summed E-state index contributed by atoms with van der Waals surface area (Å²) in [7, 11) is -3.61. The highest BCUT2D eigenvalue weighted by Crippen LogP contribution is 2.21. The molecule has 6 heteroatoms. The lowest BCUT2D eigenvalue weighted by molar-refractivity contribution is 0.593. The van der Waals surface area contributed by atoms with Crippen LogP contribution in [0, 0.1) is 11.6 Å². The molecule has 2 rings (SSSR count). The molecule has 0 saturated heterocycles. The minimum Gasteiger partial charge on any atom is -0.223 e. The molecule has 0 atom stereocenters. The van der Waals surface area contributed by atoms with Crippen LogP contribution in [0.1, 0.15) is 5.56 Å². The molecule has 0 fully saturated rings. The van der Waals surface area contributed by atoms with Gasteiger partial charge in [0, 0.05) is 0 Å². The topological polar surface area (TPSA) is 34.1 Å². The van der Waals surface area contributed by atoms with E-state index in [1.165, 1.54) is 24.3 Å². The van der Waals surface area contributed by atoms with Gasteiger partial charge in [-0.1, -0.05) is 17.7 Å². The summed E-state index contributed by atoms with van der Waals surface area (Å²) in [5.74, 6) is -1.44. The average Bonchev–Trinajstić information content (AvgIpc) is 2.34. The van der Waals surface area contributed by atoms with Crippen molar-refractivity contribution in [1.29, 1.82) is 0 Å². The first-order valence-electron chi connectivity index (χ1n) is 5.31. The van der Waals surface area contributed by atoms with Gasteiger partial charge in [0.25, 0.3) is 0 Å². The summed E-state index contributed by atoms with van der Waals surface area (Å²) in [6.07, 6.45) is 0. The molecule has 0 aliphatic heterocycles. The second kappa shape index (κ2) is 5.27. The molecule has 19 heavy (non-hydrogen) atoms. The fraction of sp³-hybridized carbons (Fsp3) is 0.0769. The average molecular weight is 303 g/mol. The molecule has 0 unspecified atom stereocenters. The van der Waals surface area contributed by atoms with E-state index in [1.54, 1.807) is 0 Å². The van der Waals surface area contributed by atoms with Gasteiger partial charge >= 0.3 is 0 Å². The van der Waals surface area contributed by atoms with Crippen LogP contribution in [0.3, 0.4) is 0 Å². The van der Waals surface area contributed by atoms with E-state index in [2.05, 4.69) is 0 Å². The molecule has 2 nitrogen and oxygen atoms in total. The molecule has 100 valence electrons. The van der Waals surface area contributed by atoms with Crippen LogP contribution < -0.4 is 0 Å². The van der Waals surface area contributed by atoms with Crippen LogP contribution in [0.15, 0.2) is 47.4 Å². The van der Waals surface area contributed by atoms with Crippen LogP contribution >= 0.6 is 11.6 Å². The van der Waals surface area contributed by atoms with E-state index in [0.29, 0.717) is 5.56 Å². The van der Waals surface area contributed by atoms with Crippen molar-refractivity contribution in [2.45, 2.75) is 10.6 Å². The van der Waals surface area contributed by atoms with Crippen LogP contribution in [0.25, 0.3) is 0 Å². The Bertz CT molecular complexity index is 697. The zero-order valence-electron chi connectivity index (χ0n) is 9.61. The lowest BCUT2D eigenvalue weighted by Crippen LogP contribution is -2.05. The number of hydrogen-bond donors (Lipinski definition) is 0. The molecule has 0 amide bonds. The summed E-state index contributed by atoms with van der Waals surface area (Å²) in [5.41, 5.74) is 0.371. The molecule has 0 bridgehead atoms. The van der Waals surface area contributed by atoms with Crippen molar-refractivity contribution < 1.29 is 17.2 Å². The third-order valence-electron chi connectivity index (χ3n) is 2.51. The van der Waals surface area contributed by atoms with Crippen molar-refractivity contribution in [2.24, 2.45) is 0 Å². The van der Waals surface area contributed by atoms with E-state index in [4.69, 9.17) is 11.6 Å². The zero-order chi connectivity index (χ0) is 14.0. The highest BCUT2D eigenvalue weighted by Gasteiger charge is 2.16. The fourth-order valence-corrected chi connectivity index (χ4v) is 3.11. The second-order valence-electron chi connectivity index (χ2n) is 3.96. The highest BCUT2D eigenvalue weighted by atomic mass is 35.5. The number of hydrogen-bond acceptors (Lipinski definition) is 2. The smallest absolute Gasteiger partial charge is 0.182 e. The van der Waals surface area contributed by atoms with Crippen molar-refractivity contribution in [2.75, 3.05) is 0 Å². The van der Waals surface area contributed by atoms with Crippen molar-refractivity contribution in [3.05, 3.63) is 64.7 Å². The van der Waals surface area contributed by atoms with Crippen LogP contribution in [0.2, 0.25) is 5.02 Å². The maximum absolute atomic E-state index is 13.0. The lowest BCUT2D eigenvalue weighted by Gasteiger charge is -2.05. The van der Waals surface area contributed by atoms with Gasteiger partial charge in [0.05, 0.1) is 15.7 Å². The van der Waals surface area contributed by atoms with E-state index in [0.717, 1.165) is 18.2 Å². The van der Waals surface area contributed by atoms with Gasteiger partial charge in [-0.25, -0.2) is 17.2 Å². The van der Waals surface area contributed by atoms with Crippen molar-refractivity contribution in [3.63, 3.8) is 0 Å². The SMILES string of the molecule is O=S(=O)(Cc1ccc(F)c(Cl)c1)c1ccc(F)cc1. The van der Waals surface area contributed by atoms with Gasteiger partial charge < -0.3 is 0 Å². The molecule has 0 spiro atoms. The Kier molecular flexibility index (Phi) is 3.87. The predicted octanol–water partition coefficient (Wildman–Crippen LogP) is 3.59. The van der Waals surface area contributed by atoms with E-state index < -0.39 is 21.5 Å². The standard InChI is InChI=1S/C13H9ClF2O2S/c14-12-7-9(1-6-13(12)16)8-19(17,18)11-4-2-10(15)3-5-11/h1-7H,8H2. The molecule has 0 N–H and O–H groups in total. The third-order valence-corrected chi connectivity index (χ3v) is 4.51. The minimum atomic E-state index is -3.61. The van der Waals surface area contributed by atoms with Crippen molar-refractivity contribution >= 4 is 21.4 Å². The van der Waals surface area contributed by atoms with Crippen LogP contribution in [-0.2, 0) is 15.6 Å². The Balaban J connectivity index is 2.30. The number of rotatable bonds is 3. The van der Waals surface area contributed by atoms with Crippen LogP contribution in [0.4, 0.5) is 8.78 Å². The Morgan fingerprint density at radius 2 is 1.63 bits per heavy atom. The van der Waals surface area contributed by atoms with Gasteiger partial charge in [-0.2, -0.15) is 0 Å². The first-order chi connectivity index (χ1) is 8.88. The Morgan fingerprint density at radius 1 is 1.00 bits per heavy atom. The van der Waals surface area contributed by atoms with Gasteiger partial charge in [0.2, 0.25) is 0 Å². The summed E-state index contributed by atoms with van der Waals surface area (Å²) < 4.78 is 49.8. The van der Waals surface area contributed by atoms with Gasteiger partial charge in [0.1, 0.15) is 11.6 Å². The molecule has 2 aromatic carbocycles. The molecule has 0 radical (unpaired) electrons. The van der Waals surface area contributed by atoms with Gasteiger partial charge in [-0.05, 0) is 42.0 Å². The number of benzene rings is 2. The second-order valence-corrected chi connectivity index (χ2v) is 6.36. The summed E-state index contributed by atoms with van der Waals surface area (Å²) in [6, 6.07) is 8.25. The molecule has 2 aromatic rings. The predicted molar refractivity (Wildman–Crippen MR) is 68.7 cm³/mol. The first-order valence-corrected chi connectivity index (χ1v) is 7.34. The van der Waals surface area contributed by atoms with Gasteiger partial charge in [-0.3, -0.25) is 0 Å².